The number of nitrogens with one attached hydrogen (secondary N) is 2. The van der Waals surface area contributed by atoms with Gasteiger partial charge in [-0.15, -0.1) is 0 Å². The van der Waals surface area contributed by atoms with Crippen LogP contribution in [0, 0.1) is 0 Å². The third-order valence-electron chi connectivity index (χ3n) is 4.44. The van der Waals surface area contributed by atoms with E-state index in [1.807, 2.05) is 6.92 Å². The van der Waals surface area contributed by atoms with Crippen molar-refractivity contribution in [3.05, 3.63) is 18.2 Å². The first kappa shape index (κ1) is 12.6. The summed E-state index contributed by atoms with van der Waals surface area (Å²) in [5.41, 5.74) is 2.67. The second-order valence-electron chi connectivity index (χ2n) is 5.75. The molecule has 2 N–H and O–H groups in total. The molecule has 19 heavy (non-hydrogen) atoms. The Hall–Kier alpha value is -1.38. The predicted octanol–water partition coefficient (Wildman–Crippen LogP) is 4.02. The van der Waals surface area contributed by atoms with Crippen molar-refractivity contribution in [2.45, 2.75) is 51.0 Å². The van der Waals surface area contributed by atoms with Crippen molar-refractivity contribution in [2.24, 2.45) is 0 Å². The average Bonchev–Trinajstić information content (AvgIpc) is 2.60. The lowest BCUT2D eigenvalue weighted by Crippen LogP contribution is -2.40. The summed E-state index contributed by atoms with van der Waals surface area (Å²) in [5, 5.41) is 7.39. The maximum absolute atomic E-state index is 5.73. The first-order valence-electron chi connectivity index (χ1n) is 7.61. The number of para-hydroxylation sites is 1. The number of hydrogen-bond acceptors (Lipinski definition) is 3. The lowest BCUT2D eigenvalue weighted by molar-refractivity contribution is 0.313. The number of ether oxygens (including phenoxy) is 1. The van der Waals surface area contributed by atoms with Gasteiger partial charge in [0.1, 0.15) is 11.4 Å². The maximum Gasteiger partial charge on any atom is 0.144 e. The van der Waals surface area contributed by atoms with Crippen molar-refractivity contribution >= 4 is 11.4 Å². The van der Waals surface area contributed by atoms with Crippen LogP contribution in [0.3, 0.4) is 0 Å². The largest absolute Gasteiger partial charge is 0.492 e. The van der Waals surface area contributed by atoms with E-state index in [-0.39, 0.29) is 0 Å². The molecule has 1 spiro atoms. The molecule has 0 bridgehead atoms. The zero-order valence-corrected chi connectivity index (χ0v) is 11.8. The molecule has 1 heterocycles. The van der Waals surface area contributed by atoms with Crippen LogP contribution < -0.4 is 15.4 Å². The van der Waals surface area contributed by atoms with Gasteiger partial charge in [0, 0.05) is 12.1 Å². The lowest BCUT2D eigenvalue weighted by atomic mass is 9.79. The Morgan fingerprint density at radius 2 is 2.00 bits per heavy atom. The fourth-order valence-electron chi connectivity index (χ4n) is 3.47. The predicted molar refractivity (Wildman–Crippen MR) is 80.2 cm³/mol. The standard InChI is InChI=1S/C16H24N2O/c1-2-19-14-8-6-7-13-15(14)17-12-11-16(18-13)9-4-3-5-10-16/h6-8,17-18H,2-5,9-12H2,1H3. The average molecular weight is 260 g/mol. The SMILES string of the molecule is CCOc1cccc2c1NCCC1(CCCCC1)N2. The van der Waals surface area contributed by atoms with Crippen LogP contribution >= 0.6 is 0 Å². The molecule has 0 amide bonds. The fraction of sp³-hybridized carbons (Fsp3) is 0.625. The molecule has 0 radical (unpaired) electrons. The third kappa shape index (κ3) is 2.51. The fourth-order valence-corrected chi connectivity index (χ4v) is 3.47. The number of anilines is 2. The minimum atomic E-state index is 0.307. The van der Waals surface area contributed by atoms with Crippen molar-refractivity contribution < 1.29 is 4.74 Å². The maximum atomic E-state index is 5.73. The van der Waals surface area contributed by atoms with E-state index in [1.54, 1.807) is 0 Å². The van der Waals surface area contributed by atoms with Crippen LogP contribution in [-0.4, -0.2) is 18.7 Å². The van der Waals surface area contributed by atoms with Gasteiger partial charge in [0.15, 0.2) is 0 Å². The van der Waals surface area contributed by atoms with Crippen molar-refractivity contribution in [1.29, 1.82) is 0 Å². The molecule has 3 nitrogen and oxygen atoms in total. The molecule has 104 valence electrons. The van der Waals surface area contributed by atoms with Gasteiger partial charge in [-0.25, -0.2) is 0 Å². The number of rotatable bonds is 2. The normalized spacial score (nSPS) is 20.9. The Kier molecular flexibility index (Phi) is 3.54. The topological polar surface area (TPSA) is 33.3 Å². The minimum absolute atomic E-state index is 0.307. The van der Waals surface area contributed by atoms with E-state index in [0.29, 0.717) is 12.1 Å². The molecule has 0 atom stereocenters. The van der Waals surface area contributed by atoms with Gasteiger partial charge >= 0.3 is 0 Å². The molecule has 1 fully saturated rings. The summed E-state index contributed by atoms with van der Waals surface area (Å²) >= 11 is 0. The Balaban J connectivity index is 1.90. The van der Waals surface area contributed by atoms with Gasteiger partial charge in [0.25, 0.3) is 0 Å². The molecular weight excluding hydrogens is 236 g/mol. The summed E-state index contributed by atoms with van der Waals surface area (Å²) in [7, 11) is 0. The highest BCUT2D eigenvalue weighted by atomic mass is 16.5. The van der Waals surface area contributed by atoms with E-state index < -0.39 is 0 Å². The highest BCUT2D eigenvalue weighted by Gasteiger charge is 2.34. The molecule has 0 aromatic heterocycles. The van der Waals surface area contributed by atoms with Crippen LogP contribution in [0.25, 0.3) is 0 Å². The van der Waals surface area contributed by atoms with Gasteiger partial charge in [-0.05, 0) is 38.3 Å². The Morgan fingerprint density at radius 1 is 1.16 bits per heavy atom. The summed E-state index contributed by atoms with van der Waals surface area (Å²) in [6, 6.07) is 6.31. The molecule has 1 aromatic carbocycles. The van der Waals surface area contributed by atoms with E-state index in [4.69, 9.17) is 4.74 Å². The van der Waals surface area contributed by atoms with E-state index >= 15 is 0 Å². The molecule has 2 aliphatic rings. The molecule has 0 saturated heterocycles. The summed E-state index contributed by atoms with van der Waals surface area (Å²) < 4.78 is 5.73. The highest BCUT2D eigenvalue weighted by molar-refractivity contribution is 5.77. The van der Waals surface area contributed by atoms with E-state index in [1.165, 1.54) is 44.2 Å². The first-order chi connectivity index (χ1) is 9.33. The number of benzene rings is 1. The zero-order chi connectivity index (χ0) is 13.1. The van der Waals surface area contributed by atoms with Gasteiger partial charge in [-0.1, -0.05) is 25.3 Å². The molecule has 1 aliphatic carbocycles. The van der Waals surface area contributed by atoms with Crippen LogP contribution in [-0.2, 0) is 0 Å². The van der Waals surface area contributed by atoms with Crippen LogP contribution in [0.2, 0.25) is 0 Å². The smallest absolute Gasteiger partial charge is 0.144 e. The van der Waals surface area contributed by atoms with Gasteiger partial charge in [0.05, 0.1) is 12.3 Å². The van der Waals surface area contributed by atoms with Crippen molar-refractivity contribution in [3.8, 4) is 5.75 Å². The quantitative estimate of drug-likeness (QED) is 0.842. The molecule has 1 aromatic rings. The summed E-state index contributed by atoms with van der Waals surface area (Å²) in [4.78, 5) is 0. The van der Waals surface area contributed by atoms with E-state index in [2.05, 4.69) is 28.8 Å². The van der Waals surface area contributed by atoms with Gasteiger partial charge < -0.3 is 15.4 Å². The third-order valence-corrected chi connectivity index (χ3v) is 4.44. The zero-order valence-electron chi connectivity index (χ0n) is 11.8. The van der Waals surface area contributed by atoms with Crippen LogP contribution in [0.15, 0.2) is 18.2 Å². The molecule has 1 saturated carbocycles. The van der Waals surface area contributed by atoms with Crippen LogP contribution in [0.1, 0.15) is 45.4 Å². The Morgan fingerprint density at radius 3 is 2.79 bits per heavy atom. The van der Waals surface area contributed by atoms with Crippen LogP contribution in [0.4, 0.5) is 11.4 Å². The van der Waals surface area contributed by atoms with Crippen molar-refractivity contribution in [1.82, 2.24) is 0 Å². The molecule has 3 heteroatoms. The number of fused-ring (bicyclic) bond motifs is 1. The van der Waals surface area contributed by atoms with Gasteiger partial charge in [-0.3, -0.25) is 0 Å². The van der Waals surface area contributed by atoms with Crippen molar-refractivity contribution in [2.75, 3.05) is 23.8 Å². The van der Waals surface area contributed by atoms with Gasteiger partial charge in [-0.2, -0.15) is 0 Å². The highest BCUT2D eigenvalue weighted by Crippen LogP contribution is 2.41. The Bertz CT molecular complexity index is 438. The second-order valence-corrected chi connectivity index (χ2v) is 5.75. The van der Waals surface area contributed by atoms with Crippen molar-refractivity contribution in [3.63, 3.8) is 0 Å². The van der Waals surface area contributed by atoms with Crippen LogP contribution in [0.5, 0.6) is 5.75 Å². The molecule has 1 aliphatic heterocycles. The number of hydrogen-bond donors (Lipinski definition) is 2. The van der Waals surface area contributed by atoms with E-state index in [0.717, 1.165) is 18.0 Å². The second kappa shape index (κ2) is 5.32. The lowest BCUT2D eigenvalue weighted by Gasteiger charge is -2.38. The molecule has 3 rings (SSSR count). The first-order valence-corrected chi connectivity index (χ1v) is 7.61. The Labute approximate surface area is 115 Å². The summed E-state index contributed by atoms with van der Waals surface area (Å²) in [5.74, 6) is 0.973. The summed E-state index contributed by atoms with van der Waals surface area (Å²) in [6.07, 6.45) is 7.90. The molecular formula is C16H24N2O. The monoisotopic (exact) mass is 260 g/mol. The summed E-state index contributed by atoms with van der Waals surface area (Å²) in [6.45, 7) is 3.78. The van der Waals surface area contributed by atoms with Gasteiger partial charge in [0.2, 0.25) is 0 Å². The molecule has 0 unspecified atom stereocenters. The van der Waals surface area contributed by atoms with E-state index in [9.17, 15) is 0 Å². The minimum Gasteiger partial charge on any atom is -0.492 e.